The molecule has 1 saturated carbocycles. The molecular weight excluding hydrogens is 238 g/mol. The van der Waals surface area contributed by atoms with Crippen LogP contribution in [0.5, 0.6) is 0 Å². The average Bonchev–Trinajstić information content (AvgIpc) is 2.41. The Bertz CT molecular complexity index is 209. The molecule has 0 bridgehead atoms. The molecule has 2 atom stereocenters. The maximum Gasteiger partial charge on any atom is 0.0599 e. The van der Waals surface area contributed by atoms with Crippen molar-refractivity contribution in [3.8, 4) is 0 Å². The predicted molar refractivity (Wildman–Crippen MR) is 80.6 cm³/mol. The Hall–Kier alpha value is -0.120. The lowest BCUT2D eigenvalue weighted by Crippen LogP contribution is -2.27. The molecule has 0 heterocycles. The molecule has 2 unspecified atom stereocenters. The molecule has 19 heavy (non-hydrogen) atoms. The van der Waals surface area contributed by atoms with Gasteiger partial charge in [0.25, 0.3) is 0 Å². The average molecular weight is 271 g/mol. The SMILES string of the molecule is COC1CCCC(OCCCCCCNC(C)C)C1. The van der Waals surface area contributed by atoms with Gasteiger partial charge >= 0.3 is 0 Å². The van der Waals surface area contributed by atoms with Crippen LogP contribution in [-0.4, -0.2) is 38.5 Å². The zero-order valence-corrected chi connectivity index (χ0v) is 13.1. The molecule has 0 aromatic carbocycles. The summed E-state index contributed by atoms with van der Waals surface area (Å²) in [6.45, 7) is 6.48. The van der Waals surface area contributed by atoms with Gasteiger partial charge in [0.2, 0.25) is 0 Å². The first-order chi connectivity index (χ1) is 9.22. The minimum Gasteiger partial charge on any atom is -0.381 e. The molecule has 0 saturated heterocycles. The minimum atomic E-state index is 0.431. The van der Waals surface area contributed by atoms with Gasteiger partial charge in [-0.1, -0.05) is 26.7 Å². The largest absolute Gasteiger partial charge is 0.381 e. The van der Waals surface area contributed by atoms with Crippen molar-refractivity contribution in [2.75, 3.05) is 20.3 Å². The molecular formula is C16H33NO2. The molecule has 0 amide bonds. The summed E-state index contributed by atoms with van der Waals surface area (Å²) in [6, 6.07) is 0.614. The Morgan fingerprint density at radius 2 is 1.79 bits per heavy atom. The van der Waals surface area contributed by atoms with Gasteiger partial charge in [0, 0.05) is 19.8 Å². The number of ether oxygens (including phenoxy) is 2. The zero-order chi connectivity index (χ0) is 13.9. The molecule has 1 aliphatic rings. The van der Waals surface area contributed by atoms with Crippen LogP contribution in [0.25, 0.3) is 0 Å². The maximum absolute atomic E-state index is 5.96. The van der Waals surface area contributed by atoms with Crippen molar-refractivity contribution in [3.05, 3.63) is 0 Å². The van der Waals surface area contributed by atoms with Crippen LogP contribution in [0.4, 0.5) is 0 Å². The second kappa shape index (κ2) is 10.6. The third-order valence-corrected chi connectivity index (χ3v) is 3.89. The summed E-state index contributed by atoms with van der Waals surface area (Å²) in [5.41, 5.74) is 0. The second-order valence-corrected chi connectivity index (χ2v) is 6.04. The summed E-state index contributed by atoms with van der Waals surface area (Å²) < 4.78 is 11.4. The van der Waals surface area contributed by atoms with E-state index in [1.165, 1.54) is 44.9 Å². The highest BCUT2D eigenvalue weighted by molar-refractivity contribution is 4.73. The Morgan fingerprint density at radius 1 is 1.05 bits per heavy atom. The molecule has 3 nitrogen and oxygen atoms in total. The van der Waals surface area contributed by atoms with Gasteiger partial charge in [-0.3, -0.25) is 0 Å². The highest BCUT2D eigenvalue weighted by Gasteiger charge is 2.21. The van der Waals surface area contributed by atoms with Crippen molar-refractivity contribution >= 4 is 0 Å². The molecule has 0 radical (unpaired) electrons. The number of unbranched alkanes of at least 4 members (excludes halogenated alkanes) is 3. The summed E-state index contributed by atoms with van der Waals surface area (Å²) in [7, 11) is 1.82. The van der Waals surface area contributed by atoms with Gasteiger partial charge in [-0.15, -0.1) is 0 Å². The summed E-state index contributed by atoms with van der Waals surface area (Å²) in [5.74, 6) is 0. The number of hydrogen-bond acceptors (Lipinski definition) is 3. The van der Waals surface area contributed by atoms with Crippen LogP contribution < -0.4 is 5.32 Å². The maximum atomic E-state index is 5.96. The van der Waals surface area contributed by atoms with E-state index in [-0.39, 0.29) is 0 Å². The van der Waals surface area contributed by atoms with Crippen LogP contribution in [0.3, 0.4) is 0 Å². The Balaban J connectivity index is 1.87. The summed E-state index contributed by atoms with van der Waals surface area (Å²) >= 11 is 0. The van der Waals surface area contributed by atoms with Gasteiger partial charge in [0.05, 0.1) is 12.2 Å². The molecule has 0 aromatic heterocycles. The van der Waals surface area contributed by atoms with Gasteiger partial charge in [-0.05, 0) is 45.1 Å². The topological polar surface area (TPSA) is 30.5 Å². The number of methoxy groups -OCH3 is 1. The van der Waals surface area contributed by atoms with E-state index in [4.69, 9.17) is 9.47 Å². The van der Waals surface area contributed by atoms with E-state index in [0.717, 1.165) is 19.6 Å². The Morgan fingerprint density at radius 3 is 2.53 bits per heavy atom. The van der Waals surface area contributed by atoms with Gasteiger partial charge in [-0.25, -0.2) is 0 Å². The van der Waals surface area contributed by atoms with Crippen LogP contribution in [0.15, 0.2) is 0 Å². The monoisotopic (exact) mass is 271 g/mol. The standard InChI is InChI=1S/C16H33NO2/c1-14(2)17-11-6-4-5-7-12-19-16-10-8-9-15(13-16)18-3/h14-17H,4-13H2,1-3H3. The minimum absolute atomic E-state index is 0.431. The first kappa shape index (κ1) is 16.9. The van der Waals surface area contributed by atoms with Crippen LogP contribution in [0, 0.1) is 0 Å². The molecule has 0 spiro atoms. The highest BCUT2D eigenvalue weighted by atomic mass is 16.5. The quantitative estimate of drug-likeness (QED) is 0.617. The van der Waals surface area contributed by atoms with Crippen molar-refractivity contribution in [3.63, 3.8) is 0 Å². The van der Waals surface area contributed by atoms with E-state index in [1.807, 2.05) is 7.11 Å². The number of nitrogens with one attached hydrogen (secondary N) is 1. The van der Waals surface area contributed by atoms with Crippen molar-refractivity contribution in [1.29, 1.82) is 0 Å². The van der Waals surface area contributed by atoms with Crippen molar-refractivity contribution in [1.82, 2.24) is 5.32 Å². The van der Waals surface area contributed by atoms with Crippen LogP contribution in [0.2, 0.25) is 0 Å². The van der Waals surface area contributed by atoms with Crippen LogP contribution >= 0.6 is 0 Å². The third kappa shape index (κ3) is 8.61. The predicted octanol–water partition coefficient (Wildman–Crippen LogP) is 3.52. The lowest BCUT2D eigenvalue weighted by molar-refractivity contribution is -0.0303. The highest BCUT2D eigenvalue weighted by Crippen LogP contribution is 2.23. The molecule has 1 N–H and O–H groups in total. The lowest BCUT2D eigenvalue weighted by Gasteiger charge is -2.28. The first-order valence-electron chi connectivity index (χ1n) is 8.10. The van der Waals surface area contributed by atoms with Crippen LogP contribution in [-0.2, 0) is 9.47 Å². The van der Waals surface area contributed by atoms with Gasteiger partial charge < -0.3 is 14.8 Å². The second-order valence-electron chi connectivity index (χ2n) is 6.04. The Labute approximate surface area is 119 Å². The van der Waals surface area contributed by atoms with E-state index in [2.05, 4.69) is 19.2 Å². The van der Waals surface area contributed by atoms with Gasteiger partial charge in [0.15, 0.2) is 0 Å². The molecule has 0 aliphatic heterocycles. The van der Waals surface area contributed by atoms with Crippen molar-refractivity contribution in [2.45, 2.75) is 83.5 Å². The summed E-state index contributed by atoms with van der Waals surface area (Å²) in [6.07, 6.45) is 10.7. The summed E-state index contributed by atoms with van der Waals surface area (Å²) in [4.78, 5) is 0. The molecule has 1 aliphatic carbocycles. The zero-order valence-electron chi connectivity index (χ0n) is 13.1. The first-order valence-corrected chi connectivity index (χ1v) is 8.10. The number of rotatable bonds is 10. The molecule has 3 heteroatoms. The normalized spacial score (nSPS) is 24.0. The molecule has 0 aromatic rings. The Kier molecular flexibility index (Phi) is 9.48. The lowest BCUT2D eigenvalue weighted by atomic mass is 9.95. The fraction of sp³-hybridized carbons (Fsp3) is 1.00. The van der Waals surface area contributed by atoms with Crippen molar-refractivity contribution in [2.24, 2.45) is 0 Å². The molecule has 1 fully saturated rings. The fourth-order valence-corrected chi connectivity index (χ4v) is 2.69. The fourth-order valence-electron chi connectivity index (χ4n) is 2.69. The van der Waals surface area contributed by atoms with E-state index in [1.54, 1.807) is 0 Å². The van der Waals surface area contributed by atoms with Crippen molar-refractivity contribution < 1.29 is 9.47 Å². The number of hydrogen-bond donors (Lipinski definition) is 1. The van der Waals surface area contributed by atoms with E-state index < -0.39 is 0 Å². The third-order valence-electron chi connectivity index (χ3n) is 3.89. The van der Waals surface area contributed by atoms with Crippen LogP contribution in [0.1, 0.15) is 65.2 Å². The van der Waals surface area contributed by atoms with Gasteiger partial charge in [-0.2, -0.15) is 0 Å². The van der Waals surface area contributed by atoms with Gasteiger partial charge in [0.1, 0.15) is 0 Å². The molecule has 1 rings (SSSR count). The molecule has 114 valence electrons. The summed E-state index contributed by atoms with van der Waals surface area (Å²) in [5, 5.41) is 3.45. The van der Waals surface area contributed by atoms with E-state index in [9.17, 15) is 0 Å². The van der Waals surface area contributed by atoms with E-state index in [0.29, 0.717) is 18.2 Å². The smallest absolute Gasteiger partial charge is 0.0599 e. The van der Waals surface area contributed by atoms with E-state index >= 15 is 0 Å².